The summed E-state index contributed by atoms with van der Waals surface area (Å²) in [7, 11) is 0. The molecule has 0 aliphatic heterocycles. The highest BCUT2D eigenvalue weighted by Crippen LogP contribution is 2.27. The standard InChI is InChI=1S/C14H14BrClN2O/c1-2-19-18-13(8-15)14-12(16)7-11(9-17-14)6-5-10-3-4-10/h7,9-10H,2-4,8H2,1H3. The van der Waals surface area contributed by atoms with Gasteiger partial charge in [-0.3, -0.25) is 4.98 Å². The molecule has 1 aromatic heterocycles. The Hall–Kier alpha value is -1.05. The Morgan fingerprint density at radius 3 is 3.00 bits per heavy atom. The number of rotatable bonds is 4. The fraction of sp³-hybridized carbons (Fsp3) is 0.429. The summed E-state index contributed by atoms with van der Waals surface area (Å²) in [6.07, 6.45) is 4.14. The smallest absolute Gasteiger partial charge is 0.117 e. The van der Waals surface area contributed by atoms with Crippen LogP contribution in [0, 0.1) is 17.8 Å². The third-order valence-electron chi connectivity index (χ3n) is 2.54. The van der Waals surface area contributed by atoms with E-state index in [0.717, 1.165) is 5.56 Å². The molecule has 100 valence electrons. The van der Waals surface area contributed by atoms with Crippen LogP contribution in [-0.4, -0.2) is 22.6 Å². The van der Waals surface area contributed by atoms with Crippen molar-refractivity contribution >= 4 is 33.2 Å². The van der Waals surface area contributed by atoms with E-state index in [0.29, 0.717) is 34.3 Å². The molecule has 0 amide bonds. The molecule has 1 aliphatic carbocycles. The van der Waals surface area contributed by atoms with E-state index in [2.05, 4.69) is 37.9 Å². The van der Waals surface area contributed by atoms with Crippen molar-refractivity contribution in [2.75, 3.05) is 11.9 Å². The first-order chi connectivity index (χ1) is 9.24. The van der Waals surface area contributed by atoms with Gasteiger partial charge in [0.1, 0.15) is 18.0 Å². The molecule has 1 fully saturated rings. The predicted molar refractivity (Wildman–Crippen MR) is 80.8 cm³/mol. The van der Waals surface area contributed by atoms with E-state index in [4.69, 9.17) is 16.4 Å². The summed E-state index contributed by atoms with van der Waals surface area (Å²) >= 11 is 9.58. The first kappa shape index (κ1) is 14.4. The molecule has 0 N–H and O–H groups in total. The topological polar surface area (TPSA) is 34.5 Å². The second-order valence-corrected chi connectivity index (χ2v) is 5.16. The van der Waals surface area contributed by atoms with Gasteiger partial charge in [-0.1, -0.05) is 44.5 Å². The van der Waals surface area contributed by atoms with E-state index in [1.165, 1.54) is 12.8 Å². The minimum atomic E-state index is 0.513. The molecule has 3 nitrogen and oxygen atoms in total. The van der Waals surface area contributed by atoms with Crippen LogP contribution >= 0.6 is 27.5 Å². The number of halogens is 2. The van der Waals surface area contributed by atoms with Crippen LogP contribution in [0.2, 0.25) is 5.02 Å². The number of pyridine rings is 1. The Labute approximate surface area is 126 Å². The number of nitrogens with zero attached hydrogens (tertiary/aromatic N) is 2. The molecule has 1 heterocycles. The molecule has 0 atom stereocenters. The third kappa shape index (κ3) is 4.22. The average Bonchev–Trinajstić information content (AvgIpc) is 3.23. The summed E-state index contributed by atoms with van der Waals surface area (Å²) < 4.78 is 0. The molecule has 19 heavy (non-hydrogen) atoms. The maximum atomic E-state index is 6.23. The molecular formula is C14H14BrClN2O. The van der Waals surface area contributed by atoms with E-state index in [-0.39, 0.29) is 0 Å². The predicted octanol–water partition coefficient (Wildman–Crippen LogP) is 3.63. The summed E-state index contributed by atoms with van der Waals surface area (Å²) in [5, 5.41) is 5.07. The van der Waals surface area contributed by atoms with Gasteiger partial charge in [0.05, 0.1) is 10.4 Å². The summed E-state index contributed by atoms with van der Waals surface area (Å²) in [5.41, 5.74) is 2.14. The lowest BCUT2D eigenvalue weighted by atomic mass is 10.2. The van der Waals surface area contributed by atoms with E-state index in [9.17, 15) is 0 Å². The Balaban J connectivity index is 2.20. The van der Waals surface area contributed by atoms with Gasteiger partial charge in [0.2, 0.25) is 0 Å². The number of hydrogen-bond acceptors (Lipinski definition) is 3. The Morgan fingerprint density at radius 2 is 2.42 bits per heavy atom. The number of hydrogen-bond donors (Lipinski definition) is 0. The van der Waals surface area contributed by atoms with Crippen molar-refractivity contribution in [2.45, 2.75) is 19.8 Å². The van der Waals surface area contributed by atoms with Crippen molar-refractivity contribution in [2.24, 2.45) is 11.1 Å². The van der Waals surface area contributed by atoms with E-state index >= 15 is 0 Å². The molecule has 0 saturated heterocycles. The van der Waals surface area contributed by atoms with Crippen LogP contribution in [0.5, 0.6) is 0 Å². The molecule has 2 rings (SSSR count). The number of oxime groups is 1. The molecular weight excluding hydrogens is 328 g/mol. The summed E-state index contributed by atoms with van der Waals surface area (Å²) in [5.74, 6) is 6.84. The van der Waals surface area contributed by atoms with Crippen LogP contribution in [0.25, 0.3) is 0 Å². The minimum Gasteiger partial charge on any atom is -0.396 e. The molecule has 0 spiro atoms. The summed E-state index contributed by atoms with van der Waals surface area (Å²) in [6, 6.07) is 1.82. The zero-order valence-corrected chi connectivity index (χ0v) is 13.0. The van der Waals surface area contributed by atoms with Gasteiger partial charge in [-0.05, 0) is 25.8 Å². The largest absolute Gasteiger partial charge is 0.396 e. The van der Waals surface area contributed by atoms with Crippen LogP contribution in [0.3, 0.4) is 0 Å². The third-order valence-corrected chi connectivity index (χ3v) is 3.36. The van der Waals surface area contributed by atoms with Gasteiger partial charge in [-0.2, -0.15) is 0 Å². The number of aromatic nitrogens is 1. The second-order valence-electron chi connectivity index (χ2n) is 4.19. The van der Waals surface area contributed by atoms with Crippen LogP contribution in [0.4, 0.5) is 0 Å². The lowest BCUT2D eigenvalue weighted by Crippen LogP contribution is -2.07. The Bertz CT molecular complexity index is 544. The first-order valence-corrected chi connectivity index (χ1v) is 7.66. The van der Waals surface area contributed by atoms with Gasteiger partial charge in [0, 0.05) is 17.7 Å². The molecule has 0 radical (unpaired) electrons. The molecule has 0 unspecified atom stereocenters. The SMILES string of the molecule is CCON=C(CBr)c1ncc(C#CC2CC2)cc1Cl. The molecule has 5 heteroatoms. The fourth-order valence-corrected chi connectivity index (χ4v) is 2.05. The van der Waals surface area contributed by atoms with Crippen molar-refractivity contribution in [1.82, 2.24) is 4.98 Å². The Kier molecular flexibility index (Phi) is 5.24. The van der Waals surface area contributed by atoms with Gasteiger partial charge in [-0.25, -0.2) is 0 Å². The van der Waals surface area contributed by atoms with Gasteiger partial charge in [0.15, 0.2) is 0 Å². The fourth-order valence-electron chi connectivity index (χ4n) is 1.41. The zero-order chi connectivity index (χ0) is 13.7. The van der Waals surface area contributed by atoms with Crippen molar-refractivity contribution in [3.8, 4) is 11.8 Å². The highest BCUT2D eigenvalue weighted by atomic mass is 79.9. The molecule has 1 aliphatic rings. The highest BCUT2D eigenvalue weighted by Gasteiger charge is 2.17. The molecule has 0 bridgehead atoms. The Morgan fingerprint density at radius 1 is 1.63 bits per heavy atom. The van der Waals surface area contributed by atoms with Crippen molar-refractivity contribution in [1.29, 1.82) is 0 Å². The van der Waals surface area contributed by atoms with Gasteiger partial charge < -0.3 is 4.84 Å². The molecule has 1 aromatic rings. The van der Waals surface area contributed by atoms with Crippen molar-refractivity contribution in [3.63, 3.8) is 0 Å². The first-order valence-electron chi connectivity index (χ1n) is 6.16. The van der Waals surface area contributed by atoms with Gasteiger partial charge in [0.25, 0.3) is 0 Å². The van der Waals surface area contributed by atoms with Crippen LogP contribution < -0.4 is 0 Å². The highest BCUT2D eigenvalue weighted by molar-refractivity contribution is 9.09. The minimum absolute atomic E-state index is 0.513. The van der Waals surface area contributed by atoms with Crippen molar-refractivity contribution < 1.29 is 4.84 Å². The van der Waals surface area contributed by atoms with E-state index < -0.39 is 0 Å². The van der Waals surface area contributed by atoms with Gasteiger partial charge in [-0.15, -0.1) is 0 Å². The summed E-state index contributed by atoms with van der Waals surface area (Å²) in [4.78, 5) is 9.37. The monoisotopic (exact) mass is 340 g/mol. The average molecular weight is 342 g/mol. The van der Waals surface area contributed by atoms with Crippen LogP contribution in [0.1, 0.15) is 31.0 Å². The normalized spacial score (nSPS) is 14.8. The van der Waals surface area contributed by atoms with Crippen LogP contribution in [-0.2, 0) is 4.84 Å². The lowest BCUT2D eigenvalue weighted by Gasteiger charge is -2.04. The lowest BCUT2D eigenvalue weighted by molar-refractivity contribution is 0.159. The summed E-state index contributed by atoms with van der Waals surface area (Å²) in [6.45, 7) is 2.39. The van der Waals surface area contributed by atoms with Crippen molar-refractivity contribution in [3.05, 3.63) is 28.5 Å². The maximum Gasteiger partial charge on any atom is 0.117 e. The number of alkyl halides is 1. The van der Waals surface area contributed by atoms with Crippen LogP contribution in [0.15, 0.2) is 17.4 Å². The second kappa shape index (κ2) is 6.93. The maximum absolute atomic E-state index is 6.23. The molecule has 0 aromatic carbocycles. The quantitative estimate of drug-likeness (QED) is 0.363. The van der Waals surface area contributed by atoms with E-state index in [1.807, 2.05) is 13.0 Å². The van der Waals surface area contributed by atoms with E-state index in [1.54, 1.807) is 6.20 Å². The molecule has 1 saturated carbocycles. The van der Waals surface area contributed by atoms with Gasteiger partial charge >= 0.3 is 0 Å². The zero-order valence-electron chi connectivity index (χ0n) is 10.6.